The molecule has 0 aromatic heterocycles. The van der Waals surface area contributed by atoms with Crippen molar-refractivity contribution in [2.75, 3.05) is 12.4 Å². The average molecular weight is 363 g/mol. The van der Waals surface area contributed by atoms with Crippen LogP contribution in [0.4, 0.5) is 5.69 Å². The molecule has 0 aliphatic carbocycles. The minimum absolute atomic E-state index is 0.0278. The van der Waals surface area contributed by atoms with Gasteiger partial charge in [0.05, 0.1) is 13.3 Å². The van der Waals surface area contributed by atoms with E-state index in [0.29, 0.717) is 11.3 Å². The number of phenols is 1. The molecule has 0 radical (unpaired) electrons. The van der Waals surface area contributed by atoms with E-state index in [1.807, 2.05) is 42.5 Å². The largest absolute Gasteiger partial charge is 0.504 e. The molecule has 138 valence electrons. The van der Waals surface area contributed by atoms with Crippen LogP contribution in [-0.4, -0.2) is 30.4 Å². The van der Waals surface area contributed by atoms with Crippen LogP contribution in [-0.2, 0) is 4.79 Å². The highest BCUT2D eigenvalue weighted by atomic mass is 16.5. The number of hydrazone groups is 1. The fourth-order valence-corrected chi connectivity index (χ4v) is 2.72. The number of methoxy groups -OCH3 is 1. The summed E-state index contributed by atoms with van der Waals surface area (Å²) in [5, 5.41) is 19.3. The van der Waals surface area contributed by atoms with Gasteiger partial charge in [-0.15, -0.1) is 0 Å². The van der Waals surface area contributed by atoms with E-state index in [-0.39, 0.29) is 11.7 Å². The van der Waals surface area contributed by atoms with E-state index in [1.54, 1.807) is 25.1 Å². The van der Waals surface area contributed by atoms with Crippen LogP contribution in [0.2, 0.25) is 0 Å². The molecule has 1 atom stereocenters. The number of nitrogens with zero attached hydrogens (tertiary/aromatic N) is 1. The Morgan fingerprint density at radius 1 is 1.11 bits per heavy atom. The zero-order valence-corrected chi connectivity index (χ0v) is 15.1. The average Bonchev–Trinajstić information content (AvgIpc) is 2.69. The molecule has 0 bridgehead atoms. The summed E-state index contributed by atoms with van der Waals surface area (Å²) in [6.45, 7) is 1.76. The van der Waals surface area contributed by atoms with Crippen molar-refractivity contribution in [3.63, 3.8) is 0 Å². The number of anilines is 1. The molecule has 3 aromatic carbocycles. The van der Waals surface area contributed by atoms with Gasteiger partial charge in [-0.1, -0.05) is 42.5 Å². The number of fused-ring (bicyclic) bond motifs is 1. The molecule has 0 spiro atoms. The van der Waals surface area contributed by atoms with Gasteiger partial charge in [-0.2, -0.15) is 5.10 Å². The van der Waals surface area contributed by atoms with Gasteiger partial charge in [-0.25, -0.2) is 5.43 Å². The summed E-state index contributed by atoms with van der Waals surface area (Å²) in [7, 11) is 1.47. The van der Waals surface area contributed by atoms with E-state index in [0.717, 1.165) is 16.5 Å². The van der Waals surface area contributed by atoms with Gasteiger partial charge in [0.1, 0.15) is 6.04 Å². The molecular formula is C21H21N3O3. The van der Waals surface area contributed by atoms with Crippen molar-refractivity contribution in [2.45, 2.75) is 13.0 Å². The zero-order chi connectivity index (χ0) is 19.2. The highest BCUT2D eigenvalue weighted by molar-refractivity contribution is 5.96. The van der Waals surface area contributed by atoms with E-state index in [1.165, 1.54) is 13.3 Å². The van der Waals surface area contributed by atoms with Crippen LogP contribution in [0.15, 0.2) is 65.8 Å². The van der Waals surface area contributed by atoms with E-state index in [9.17, 15) is 9.90 Å². The lowest BCUT2D eigenvalue weighted by atomic mass is 10.1. The molecule has 0 fully saturated rings. The standard InChI is InChI=1S/C21H21N3O3/c1-14(23-18-11-5-8-15-7-3-4-10-17(15)18)21(26)24-22-13-16-9-6-12-19(27-2)20(16)25/h3-14,23,25H,1-2H3,(H,24,26). The quantitative estimate of drug-likeness (QED) is 0.462. The Morgan fingerprint density at radius 2 is 1.85 bits per heavy atom. The number of hydrogen-bond acceptors (Lipinski definition) is 5. The zero-order valence-electron chi connectivity index (χ0n) is 15.1. The molecule has 3 rings (SSSR count). The fraction of sp³-hybridized carbons (Fsp3) is 0.143. The van der Waals surface area contributed by atoms with E-state index < -0.39 is 6.04 Å². The second-order valence-corrected chi connectivity index (χ2v) is 6.03. The summed E-state index contributed by atoms with van der Waals surface area (Å²) < 4.78 is 5.04. The predicted octanol–water partition coefficient (Wildman–Crippen LogP) is 3.50. The first-order valence-corrected chi connectivity index (χ1v) is 8.53. The molecule has 0 aliphatic rings. The van der Waals surface area contributed by atoms with Crippen LogP contribution in [0.1, 0.15) is 12.5 Å². The summed E-state index contributed by atoms with van der Waals surface area (Å²) in [4.78, 5) is 12.3. The number of carbonyl (C=O) groups is 1. The number of rotatable bonds is 6. The van der Waals surface area contributed by atoms with Crippen molar-refractivity contribution in [3.05, 3.63) is 66.2 Å². The minimum Gasteiger partial charge on any atom is -0.504 e. The Kier molecular flexibility index (Phi) is 5.56. The topological polar surface area (TPSA) is 83.0 Å². The van der Waals surface area contributed by atoms with Crippen molar-refractivity contribution in [3.8, 4) is 11.5 Å². The Labute approximate surface area is 157 Å². The van der Waals surface area contributed by atoms with Crippen molar-refractivity contribution in [2.24, 2.45) is 5.10 Å². The number of aromatic hydroxyl groups is 1. The van der Waals surface area contributed by atoms with Gasteiger partial charge >= 0.3 is 0 Å². The highest BCUT2D eigenvalue weighted by Gasteiger charge is 2.13. The Balaban J connectivity index is 1.66. The van der Waals surface area contributed by atoms with Gasteiger partial charge in [-0.05, 0) is 30.5 Å². The molecule has 0 saturated carbocycles. The van der Waals surface area contributed by atoms with Gasteiger partial charge in [0.2, 0.25) is 0 Å². The van der Waals surface area contributed by atoms with E-state index in [4.69, 9.17) is 4.74 Å². The molecule has 0 saturated heterocycles. The van der Waals surface area contributed by atoms with E-state index >= 15 is 0 Å². The number of ether oxygens (including phenoxy) is 1. The lowest BCUT2D eigenvalue weighted by Gasteiger charge is -2.15. The third-order valence-electron chi connectivity index (χ3n) is 4.18. The van der Waals surface area contributed by atoms with Crippen LogP contribution in [0.25, 0.3) is 10.8 Å². The lowest BCUT2D eigenvalue weighted by Crippen LogP contribution is -2.34. The van der Waals surface area contributed by atoms with Crippen LogP contribution in [0.3, 0.4) is 0 Å². The van der Waals surface area contributed by atoms with Crippen molar-refractivity contribution in [1.29, 1.82) is 0 Å². The number of phenolic OH excluding ortho intramolecular Hbond substituents is 1. The SMILES string of the molecule is COc1cccc(C=NNC(=O)C(C)Nc2cccc3ccccc23)c1O. The third kappa shape index (κ3) is 4.17. The third-order valence-corrected chi connectivity index (χ3v) is 4.18. The molecule has 3 aromatic rings. The molecule has 3 N–H and O–H groups in total. The Morgan fingerprint density at radius 3 is 2.67 bits per heavy atom. The number of hydrogen-bond donors (Lipinski definition) is 3. The predicted molar refractivity (Wildman–Crippen MR) is 107 cm³/mol. The van der Waals surface area contributed by atoms with Gasteiger partial charge < -0.3 is 15.2 Å². The second-order valence-electron chi connectivity index (χ2n) is 6.03. The minimum atomic E-state index is -0.494. The number of para-hydroxylation sites is 1. The number of benzene rings is 3. The van der Waals surface area contributed by atoms with Crippen molar-refractivity contribution in [1.82, 2.24) is 5.43 Å². The summed E-state index contributed by atoms with van der Waals surface area (Å²) in [6, 6.07) is 18.4. The molecule has 0 heterocycles. The molecule has 6 nitrogen and oxygen atoms in total. The van der Waals surface area contributed by atoms with Crippen LogP contribution < -0.4 is 15.5 Å². The summed E-state index contributed by atoms with van der Waals surface area (Å²) in [5.74, 6) is 0.0257. The molecule has 1 amide bonds. The Hall–Kier alpha value is -3.54. The fourth-order valence-electron chi connectivity index (χ4n) is 2.72. The second kappa shape index (κ2) is 8.23. The van der Waals surface area contributed by atoms with Crippen LogP contribution in [0, 0.1) is 0 Å². The monoisotopic (exact) mass is 363 g/mol. The van der Waals surface area contributed by atoms with Gasteiger partial charge in [-0.3, -0.25) is 4.79 Å². The summed E-state index contributed by atoms with van der Waals surface area (Å²) in [6.07, 6.45) is 1.38. The van der Waals surface area contributed by atoms with Gasteiger partial charge in [0, 0.05) is 16.6 Å². The maximum atomic E-state index is 12.3. The Bertz CT molecular complexity index is 980. The molecule has 6 heteroatoms. The summed E-state index contributed by atoms with van der Waals surface area (Å²) in [5.41, 5.74) is 3.81. The maximum Gasteiger partial charge on any atom is 0.262 e. The first-order valence-electron chi connectivity index (χ1n) is 8.53. The van der Waals surface area contributed by atoms with Gasteiger partial charge in [0.15, 0.2) is 11.5 Å². The molecule has 27 heavy (non-hydrogen) atoms. The van der Waals surface area contributed by atoms with E-state index in [2.05, 4.69) is 15.8 Å². The number of carbonyl (C=O) groups excluding carboxylic acids is 1. The molecular weight excluding hydrogens is 342 g/mol. The smallest absolute Gasteiger partial charge is 0.262 e. The van der Waals surface area contributed by atoms with Crippen LogP contribution in [0.5, 0.6) is 11.5 Å². The highest BCUT2D eigenvalue weighted by Crippen LogP contribution is 2.28. The lowest BCUT2D eigenvalue weighted by molar-refractivity contribution is -0.121. The van der Waals surface area contributed by atoms with Crippen molar-refractivity contribution < 1.29 is 14.6 Å². The number of nitrogens with one attached hydrogen (secondary N) is 2. The molecule has 1 unspecified atom stereocenters. The first-order chi connectivity index (χ1) is 13.1. The first kappa shape index (κ1) is 18.3. The normalized spacial score (nSPS) is 12.1. The number of amides is 1. The molecule has 0 aliphatic heterocycles. The maximum absolute atomic E-state index is 12.3. The summed E-state index contributed by atoms with van der Waals surface area (Å²) >= 11 is 0. The van der Waals surface area contributed by atoms with Gasteiger partial charge in [0.25, 0.3) is 5.91 Å². The van der Waals surface area contributed by atoms with Crippen LogP contribution >= 0.6 is 0 Å². The van der Waals surface area contributed by atoms with Crippen molar-refractivity contribution >= 4 is 28.6 Å².